The Labute approximate surface area is 121 Å². The van der Waals surface area contributed by atoms with Crippen molar-refractivity contribution in [1.82, 2.24) is 9.62 Å². The molecule has 1 heterocycles. The minimum absolute atomic E-state index is 0.142. The second-order valence-electron chi connectivity index (χ2n) is 4.11. The topological polar surface area (TPSA) is 62.6 Å². The van der Waals surface area contributed by atoms with Gasteiger partial charge in [-0.15, -0.1) is 0 Å². The number of nitrogens with zero attached hydrogens (tertiary/aromatic N) is 1. The van der Waals surface area contributed by atoms with Gasteiger partial charge in [0.15, 0.2) is 0 Å². The lowest BCUT2D eigenvalue weighted by Crippen LogP contribution is -2.36. The van der Waals surface area contributed by atoms with E-state index >= 15 is 0 Å². The number of rotatable bonds is 4. The van der Waals surface area contributed by atoms with Gasteiger partial charge in [0.25, 0.3) is 0 Å². The molecule has 0 aliphatic rings. The summed E-state index contributed by atoms with van der Waals surface area (Å²) in [5, 5.41) is 0.509. The summed E-state index contributed by atoms with van der Waals surface area (Å²) in [5.41, 5.74) is 0.397. The fourth-order valence-electron chi connectivity index (χ4n) is 1.80. The van der Waals surface area contributed by atoms with Gasteiger partial charge in [0.05, 0.1) is 5.39 Å². The number of amides is 2. The molecule has 0 radical (unpaired) electrons. The summed E-state index contributed by atoms with van der Waals surface area (Å²) in [5.74, 6) is 0. The molecule has 106 valence electrons. The largest absolute Gasteiger partial charge is 0.463 e. The first kappa shape index (κ1) is 14.5. The maximum absolute atomic E-state index is 12.2. The first-order chi connectivity index (χ1) is 9.67. The lowest BCUT2D eigenvalue weighted by atomic mass is 10.2. The quantitative estimate of drug-likeness (QED) is 0.880. The summed E-state index contributed by atoms with van der Waals surface area (Å²) in [4.78, 5) is 26.0. The summed E-state index contributed by atoms with van der Waals surface area (Å²) in [7, 11) is 0. The Balaban J connectivity index is 2.17. The van der Waals surface area contributed by atoms with E-state index in [-0.39, 0.29) is 11.5 Å². The van der Waals surface area contributed by atoms with Crippen LogP contribution in [0.1, 0.15) is 13.8 Å². The Morgan fingerprint density at radius 1 is 1.30 bits per heavy atom. The van der Waals surface area contributed by atoms with Crippen LogP contribution in [0, 0.1) is 0 Å². The maximum Gasteiger partial charge on any atom is 0.327 e. The Morgan fingerprint density at radius 2 is 2.00 bits per heavy atom. The average molecular weight is 292 g/mol. The number of hydrogen-bond donors (Lipinski definition) is 1. The zero-order valence-corrected chi connectivity index (χ0v) is 12.2. The van der Waals surface area contributed by atoms with Crippen LogP contribution in [0.4, 0.5) is 4.79 Å². The van der Waals surface area contributed by atoms with Crippen LogP contribution in [-0.2, 0) is 0 Å². The van der Waals surface area contributed by atoms with E-state index in [0.717, 1.165) is 11.9 Å². The van der Waals surface area contributed by atoms with Gasteiger partial charge in [-0.1, -0.05) is 12.1 Å². The smallest absolute Gasteiger partial charge is 0.327 e. The van der Waals surface area contributed by atoms with Crippen molar-refractivity contribution in [3.63, 3.8) is 0 Å². The van der Waals surface area contributed by atoms with Gasteiger partial charge in [-0.2, -0.15) is 0 Å². The molecule has 6 heteroatoms. The highest BCUT2D eigenvalue weighted by Crippen LogP contribution is 2.16. The molecule has 0 spiro atoms. The lowest BCUT2D eigenvalue weighted by molar-refractivity contribution is 0.210. The van der Waals surface area contributed by atoms with Crippen LogP contribution in [0.5, 0.6) is 0 Å². The molecule has 0 aliphatic carbocycles. The zero-order valence-electron chi connectivity index (χ0n) is 11.4. The number of carbonyl (C=O) groups is 1. The van der Waals surface area contributed by atoms with E-state index in [4.69, 9.17) is 4.42 Å². The van der Waals surface area contributed by atoms with Crippen molar-refractivity contribution >= 4 is 28.9 Å². The van der Waals surface area contributed by atoms with Crippen LogP contribution in [0.15, 0.2) is 44.6 Å². The summed E-state index contributed by atoms with van der Waals surface area (Å²) in [6.07, 6.45) is 1.37. The third kappa shape index (κ3) is 2.96. The van der Waals surface area contributed by atoms with Gasteiger partial charge < -0.3 is 9.32 Å². The number of carbonyl (C=O) groups excluding carboxylic acids is 1. The molecule has 0 fully saturated rings. The van der Waals surface area contributed by atoms with Gasteiger partial charge in [0.2, 0.25) is 5.43 Å². The summed E-state index contributed by atoms with van der Waals surface area (Å²) in [6, 6.07) is 6.81. The Hall–Kier alpha value is -1.95. The number of urea groups is 1. The van der Waals surface area contributed by atoms with Crippen molar-refractivity contribution in [1.29, 1.82) is 0 Å². The standard InChI is InChI=1S/C14H16N2O3S/c1-3-16(4-2)14(18)15-20-12-9-19-11-8-6-5-7-10(11)13(12)17/h5-9H,3-4H2,1-2H3,(H,15,18). The van der Waals surface area contributed by atoms with Crippen molar-refractivity contribution < 1.29 is 9.21 Å². The molecular formula is C14H16N2O3S. The van der Waals surface area contributed by atoms with Crippen LogP contribution in [0.3, 0.4) is 0 Å². The minimum atomic E-state index is -0.215. The molecule has 0 bridgehead atoms. The van der Waals surface area contributed by atoms with E-state index in [1.165, 1.54) is 6.26 Å². The molecule has 1 N–H and O–H groups in total. The average Bonchev–Trinajstić information content (AvgIpc) is 2.48. The SMILES string of the molecule is CCN(CC)C(=O)NSc1coc2ccccc2c1=O. The molecule has 0 saturated heterocycles. The Kier molecular flexibility index (Phi) is 4.68. The van der Waals surface area contributed by atoms with E-state index in [1.54, 1.807) is 29.2 Å². The van der Waals surface area contributed by atoms with Gasteiger partial charge in [0.1, 0.15) is 16.7 Å². The Bertz CT molecular complexity index is 665. The van der Waals surface area contributed by atoms with Gasteiger partial charge in [0, 0.05) is 13.1 Å². The second kappa shape index (κ2) is 6.47. The van der Waals surface area contributed by atoms with Crippen molar-refractivity contribution in [2.24, 2.45) is 0 Å². The minimum Gasteiger partial charge on any atom is -0.463 e. The molecule has 2 aromatic rings. The molecule has 0 aliphatic heterocycles. The molecule has 5 nitrogen and oxygen atoms in total. The highest BCUT2D eigenvalue weighted by molar-refractivity contribution is 7.98. The van der Waals surface area contributed by atoms with Gasteiger partial charge >= 0.3 is 6.03 Å². The van der Waals surface area contributed by atoms with Crippen LogP contribution < -0.4 is 10.2 Å². The maximum atomic E-state index is 12.2. The van der Waals surface area contributed by atoms with E-state index in [2.05, 4.69) is 4.72 Å². The third-order valence-corrected chi connectivity index (χ3v) is 3.73. The highest BCUT2D eigenvalue weighted by Gasteiger charge is 2.12. The van der Waals surface area contributed by atoms with Crippen LogP contribution >= 0.6 is 11.9 Å². The van der Waals surface area contributed by atoms with E-state index < -0.39 is 0 Å². The van der Waals surface area contributed by atoms with Crippen molar-refractivity contribution in [3.8, 4) is 0 Å². The highest BCUT2D eigenvalue weighted by atomic mass is 32.2. The number of fused-ring (bicyclic) bond motifs is 1. The van der Waals surface area contributed by atoms with E-state index in [9.17, 15) is 9.59 Å². The normalized spacial score (nSPS) is 10.5. The summed E-state index contributed by atoms with van der Waals surface area (Å²) < 4.78 is 8.03. The van der Waals surface area contributed by atoms with Gasteiger partial charge in [-0.3, -0.25) is 9.52 Å². The lowest BCUT2D eigenvalue weighted by Gasteiger charge is -2.18. The monoisotopic (exact) mass is 292 g/mol. The predicted octanol–water partition coefficient (Wildman–Crippen LogP) is 2.85. The summed E-state index contributed by atoms with van der Waals surface area (Å²) >= 11 is 0.982. The Morgan fingerprint density at radius 3 is 2.70 bits per heavy atom. The van der Waals surface area contributed by atoms with Crippen LogP contribution in [-0.4, -0.2) is 24.0 Å². The molecule has 1 aromatic heterocycles. The first-order valence-electron chi connectivity index (χ1n) is 6.39. The third-order valence-electron chi connectivity index (χ3n) is 2.95. The number of benzene rings is 1. The van der Waals surface area contributed by atoms with Crippen molar-refractivity contribution in [3.05, 3.63) is 40.8 Å². The van der Waals surface area contributed by atoms with E-state index in [0.29, 0.717) is 29.0 Å². The fourth-order valence-corrected chi connectivity index (χ4v) is 2.43. The molecular weight excluding hydrogens is 276 g/mol. The van der Waals surface area contributed by atoms with Gasteiger partial charge in [-0.25, -0.2) is 4.79 Å². The van der Waals surface area contributed by atoms with Gasteiger partial charge in [-0.05, 0) is 37.9 Å². The second-order valence-corrected chi connectivity index (χ2v) is 4.95. The van der Waals surface area contributed by atoms with E-state index in [1.807, 2.05) is 13.8 Å². The molecule has 2 rings (SSSR count). The van der Waals surface area contributed by atoms with Crippen LogP contribution in [0.25, 0.3) is 11.0 Å². The molecule has 20 heavy (non-hydrogen) atoms. The fraction of sp³-hybridized carbons (Fsp3) is 0.286. The molecule has 0 unspecified atom stereocenters. The number of hydrogen-bond acceptors (Lipinski definition) is 4. The van der Waals surface area contributed by atoms with Crippen LogP contribution in [0.2, 0.25) is 0 Å². The molecule has 0 atom stereocenters. The summed E-state index contributed by atoms with van der Waals surface area (Å²) in [6.45, 7) is 5.04. The first-order valence-corrected chi connectivity index (χ1v) is 7.21. The molecule has 1 aromatic carbocycles. The molecule has 2 amide bonds. The molecule has 0 saturated carbocycles. The van der Waals surface area contributed by atoms with Crippen molar-refractivity contribution in [2.75, 3.05) is 13.1 Å². The van der Waals surface area contributed by atoms with Crippen molar-refractivity contribution in [2.45, 2.75) is 18.7 Å². The number of nitrogens with one attached hydrogen (secondary N) is 1. The predicted molar refractivity (Wildman–Crippen MR) is 79.8 cm³/mol. The zero-order chi connectivity index (χ0) is 14.5. The number of para-hydroxylation sites is 1.